The van der Waals surface area contributed by atoms with E-state index in [4.69, 9.17) is 18.9 Å². The van der Waals surface area contributed by atoms with Crippen LogP contribution in [0.15, 0.2) is 47.5 Å². The molecule has 0 atom stereocenters. The van der Waals surface area contributed by atoms with Crippen molar-refractivity contribution < 1.29 is 28.5 Å². The number of benzene rings is 2. The lowest BCUT2D eigenvalue weighted by molar-refractivity contribution is -0.143. The van der Waals surface area contributed by atoms with Crippen LogP contribution in [-0.2, 0) is 20.9 Å². The van der Waals surface area contributed by atoms with Crippen LogP contribution >= 0.6 is 11.3 Å². The van der Waals surface area contributed by atoms with E-state index in [0.29, 0.717) is 35.3 Å². The van der Waals surface area contributed by atoms with Gasteiger partial charge in [-0.2, -0.15) is 4.99 Å². The van der Waals surface area contributed by atoms with Crippen molar-refractivity contribution in [1.82, 2.24) is 4.57 Å². The first-order valence-electron chi connectivity index (χ1n) is 9.98. The lowest BCUT2D eigenvalue weighted by Gasteiger charge is -2.18. The van der Waals surface area contributed by atoms with Crippen molar-refractivity contribution in [3.8, 4) is 17.2 Å². The second kappa shape index (κ2) is 9.65. The van der Waals surface area contributed by atoms with Crippen LogP contribution in [0.5, 0.6) is 17.2 Å². The highest BCUT2D eigenvalue weighted by Crippen LogP contribution is 2.35. The number of thiazole rings is 1. The third-order valence-electron chi connectivity index (χ3n) is 4.49. The first kappa shape index (κ1) is 20.9. The van der Waals surface area contributed by atoms with Gasteiger partial charge in [0.15, 0.2) is 16.3 Å². The zero-order valence-electron chi connectivity index (χ0n) is 17.0. The Bertz CT molecular complexity index is 1150. The molecule has 4 rings (SSSR count). The standard InChI is InChI=1S/C22H22N2O6S/c1-2-27-21(26)14-24-16-12-17-18(30-11-10-29-17)13-19(16)31-22(24)23-20(25)8-9-28-15-6-4-3-5-7-15/h3-7,12-13H,2,8-11,14H2,1H3. The lowest BCUT2D eigenvalue weighted by Crippen LogP contribution is -2.23. The van der Waals surface area contributed by atoms with E-state index in [0.717, 1.165) is 10.2 Å². The summed E-state index contributed by atoms with van der Waals surface area (Å²) in [6.07, 6.45) is 0.116. The van der Waals surface area contributed by atoms with E-state index < -0.39 is 5.97 Å². The van der Waals surface area contributed by atoms with Crippen molar-refractivity contribution in [3.63, 3.8) is 0 Å². The topological polar surface area (TPSA) is 88.4 Å². The molecule has 8 nitrogen and oxygen atoms in total. The molecule has 2 aromatic carbocycles. The summed E-state index contributed by atoms with van der Waals surface area (Å²) >= 11 is 1.31. The van der Waals surface area contributed by atoms with E-state index in [-0.39, 0.29) is 32.1 Å². The molecule has 1 aromatic heterocycles. The Morgan fingerprint density at radius 2 is 1.87 bits per heavy atom. The Hall–Kier alpha value is -3.33. The van der Waals surface area contributed by atoms with E-state index in [2.05, 4.69) is 4.99 Å². The summed E-state index contributed by atoms with van der Waals surface area (Å²) in [5.74, 6) is 1.19. The molecule has 0 fully saturated rings. The van der Waals surface area contributed by atoms with Crippen LogP contribution in [0.2, 0.25) is 0 Å². The number of aromatic nitrogens is 1. The average molecular weight is 442 g/mol. The van der Waals surface area contributed by atoms with Gasteiger partial charge in [0.25, 0.3) is 5.91 Å². The predicted octanol–water partition coefficient (Wildman–Crippen LogP) is 2.93. The van der Waals surface area contributed by atoms with Gasteiger partial charge in [-0.05, 0) is 19.1 Å². The van der Waals surface area contributed by atoms with E-state index in [1.165, 1.54) is 11.3 Å². The fourth-order valence-electron chi connectivity index (χ4n) is 3.12. The highest BCUT2D eigenvalue weighted by atomic mass is 32.1. The van der Waals surface area contributed by atoms with Crippen LogP contribution in [0.25, 0.3) is 10.2 Å². The zero-order chi connectivity index (χ0) is 21.6. The van der Waals surface area contributed by atoms with Gasteiger partial charge in [-0.25, -0.2) is 0 Å². The summed E-state index contributed by atoms with van der Waals surface area (Å²) in [7, 11) is 0. The van der Waals surface area contributed by atoms with Crippen molar-refractivity contribution in [1.29, 1.82) is 0 Å². The Balaban J connectivity index is 1.61. The van der Waals surface area contributed by atoms with Crippen LogP contribution in [0.1, 0.15) is 13.3 Å². The Labute approximate surface area is 182 Å². The molecule has 1 aliphatic heterocycles. The van der Waals surface area contributed by atoms with E-state index >= 15 is 0 Å². The molecule has 0 N–H and O–H groups in total. The van der Waals surface area contributed by atoms with Gasteiger partial charge in [0, 0.05) is 12.1 Å². The third-order valence-corrected chi connectivity index (χ3v) is 5.53. The van der Waals surface area contributed by atoms with Gasteiger partial charge < -0.3 is 23.5 Å². The average Bonchev–Trinajstić information content (AvgIpc) is 3.08. The molecular formula is C22H22N2O6S. The predicted molar refractivity (Wildman–Crippen MR) is 115 cm³/mol. The molecule has 1 aliphatic rings. The number of amides is 1. The van der Waals surface area contributed by atoms with E-state index in [1.54, 1.807) is 11.5 Å². The monoisotopic (exact) mass is 442 g/mol. The lowest BCUT2D eigenvalue weighted by atomic mass is 10.2. The minimum Gasteiger partial charge on any atom is -0.493 e. The van der Waals surface area contributed by atoms with Crippen molar-refractivity contribution in [2.75, 3.05) is 26.4 Å². The number of carbonyl (C=O) groups excluding carboxylic acids is 2. The first-order chi connectivity index (χ1) is 15.1. The maximum Gasteiger partial charge on any atom is 0.326 e. The maximum atomic E-state index is 12.5. The quantitative estimate of drug-likeness (QED) is 0.523. The molecule has 0 saturated heterocycles. The fraction of sp³-hybridized carbons (Fsp3) is 0.318. The second-order valence-corrected chi connectivity index (χ2v) is 7.67. The third kappa shape index (κ3) is 5.05. The van der Waals surface area contributed by atoms with Crippen molar-refractivity contribution in [3.05, 3.63) is 47.3 Å². The second-order valence-electron chi connectivity index (χ2n) is 6.66. The molecule has 0 spiro atoms. The molecule has 0 saturated carbocycles. The van der Waals surface area contributed by atoms with Gasteiger partial charge >= 0.3 is 5.97 Å². The molecule has 0 unspecified atom stereocenters. The smallest absolute Gasteiger partial charge is 0.326 e. The van der Waals surface area contributed by atoms with Crippen molar-refractivity contribution in [2.24, 2.45) is 4.99 Å². The largest absolute Gasteiger partial charge is 0.493 e. The molecule has 162 valence electrons. The normalized spacial score (nSPS) is 13.3. The molecule has 2 heterocycles. The number of esters is 1. The van der Waals surface area contributed by atoms with Crippen LogP contribution < -0.4 is 19.0 Å². The van der Waals surface area contributed by atoms with Crippen LogP contribution in [0.3, 0.4) is 0 Å². The number of para-hydroxylation sites is 1. The highest BCUT2D eigenvalue weighted by Gasteiger charge is 2.18. The summed E-state index contributed by atoms with van der Waals surface area (Å²) in [5.41, 5.74) is 0.731. The highest BCUT2D eigenvalue weighted by molar-refractivity contribution is 7.16. The van der Waals surface area contributed by atoms with Gasteiger partial charge in [-0.1, -0.05) is 29.5 Å². The van der Waals surface area contributed by atoms with Gasteiger partial charge in [0.2, 0.25) is 0 Å². The number of hydrogen-bond donors (Lipinski definition) is 0. The number of rotatable bonds is 7. The van der Waals surface area contributed by atoms with Gasteiger partial charge in [-0.15, -0.1) is 0 Å². The summed E-state index contributed by atoms with van der Waals surface area (Å²) < 4.78 is 24.5. The zero-order valence-corrected chi connectivity index (χ0v) is 17.9. The number of ether oxygens (including phenoxy) is 4. The van der Waals surface area contributed by atoms with E-state index in [1.807, 2.05) is 42.5 Å². The number of hydrogen-bond acceptors (Lipinski definition) is 7. The SMILES string of the molecule is CCOC(=O)Cn1c(=NC(=O)CCOc2ccccc2)sc2cc3c(cc21)OCCO3. The molecule has 0 radical (unpaired) electrons. The molecular weight excluding hydrogens is 420 g/mol. The Morgan fingerprint density at radius 3 is 2.61 bits per heavy atom. The number of nitrogens with zero attached hydrogens (tertiary/aromatic N) is 2. The Kier molecular flexibility index (Phi) is 6.51. The molecule has 0 aliphatic carbocycles. The number of carbonyl (C=O) groups is 2. The van der Waals surface area contributed by atoms with Crippen LogP contribution in [0, 0.1) is 0 Å². The molecule has 9 heteroatoms. The summed E-state index contributed by atoms with van der Waals surface area (Å²) in [6.45, 7) is 3.11. The Morgan fingerprint density at radius 1 is 1.13 bits per heavy atom. The van der Waals surface area contributed by atoms with Crippen LogP contribution in [0.4, 0.5) is 0 Å². The summed E-state index contributed by atoms with van der Waals surface area (Å²) in [6, 6.07) is 12.9. The van der Waals surface area contributed by atoms with Gasteiger partial charge in [-0.3, -0.25) is 9.59 Å². The molecule has 0 bridgehead atoms. The molecule has 3 aromatic rings. The maximum absolute atomic E-state index is 12.5. The molecule has 1 amide bonds. The van der Waals surface area contributed by atoms with E-state index in [9.17, 15) is 9.59 Å². The minimum absolute atomic E-state index is 0.0554. The summed E-state index contributed by atoms with van der Waals surface area (Å²) in [5, 5.41) is 0. The summed E-state index contributed by atoms with van der Waals surface area (Å²) in [4.78, 5) is 29.3. The fourth-order valence-corrected chi connectivity index (χ4v) is 4.17. The van der Waals surface area contributed by atoms with Crippen molar-refractivity contribution in [2.45, 2.75) is 19.9 Å². The van der Waals surface area contributed by atoms with Gasteiger partial charge in [0.1, 0.15) is 25.5 Å². The van der Waals surface area contributed by atoms with Crippen molar-refractivity contribution >= 4 is 33.4 Å². The first-order valence-corrected chi connectivity index (χ1v) is 10.8. The molecule has 31 heavy (non-hydrogen) atoms. The van der Waals surface area contributed by atoms with Gasteiger partial charge in [0.05, 0.1) is 29.9 Å². The number of fused-ring (bicyclic) bond motifs is 2. The minimum atomic E-state index is -0.404. The van der Waals surface area contributed by atoms with Crippen LogP contribution in [-0.4, -0.2) is 42.9 Å².